The Hall–Kier alpha value is -0.940. The summed E-state index contributed by atoms with van der Waals surface area (Å²) >= 11 is 1.54. The van der Waals surface area contributed by atoms with E-state index in [1.807, 2.05) is 6.92 Å². The van der Waals surface area contributed by atoms with Crippen molar-refractivity contribution in [3.05, 3.63) is 10.6 Å². The number of rotatable bonds is 2. The number of carbonyl (C=O) groups is 1. The van der Waals surface area contributed by atoms with Gasteiger partial charge in [0.25, 0.3) is 0 Å². The van der Waals surface area contributed by atoms with E-state index in [9.17, 15) is 4.79 Å². The highest BCUT2D eigenvalue weighted by atomic mass is 32.1. The number of carbonyl (C=O) groups excluding carboxylic acids is 1. The Morgan fingerprint density at radius 1 is 1.42 bits per heavy atom. The molecular weight excluding hydrogens is 260 g/mol. The lowest BCUT2D eigenvalue weighted by Gasteiger charge is -2.43. The fourth-order valence-corrected chi connectivity index (χ4v) is 4.21. The highest BCUT2D eigenvalue weighted by molar-refractivity contribution is 7.17. The van der Waals surface area contributed by atoms with Crippen molar-refractivity contribution in [2.45, 2.75) is 51.7 Å². The van der Waals surface area contributed by atoms with E-state index >= 15 is 0 Å². The van der Waals surface area contributed by atoms with E-state index in [2.05, 4.69) is 9.88 Å². The second-order valence-corrected chi connectivity index (χ2v) is 6.40. The first-order chi connectivity index (χ1) is 9.16. The van der Waals surface area contributed by atoms with Gasteiger partial charge in [0.05, 0.1) is 29.3 Å². The lowest BCUT2D eigenvalue weighted by molar-refractivity contribution is -0.00869. The van der Waals surface area contributed by atoms with E-state index in [4.69, 9.17) is 4.74 Å². The van der Waals surface area contributed by atoms with E-state index < -0.39 is 0 Å². The SMILES string of the molecule is CC(=O)c1sc(N2CCOC3CCCCC32)nc1C. The van der Waals surface area contributed by atoms with Gasteiger partial charge in [-0.3, -0.25) is 4.79 Å². The van der Waals surface area contributed by atoms with Gasteiger partial charge in [-0.1, -0.05) is 24.2 Å². The number of aryl methyl sites for hydroxylation is 1. The molecule has 2 heterocycles. The molecule has 2 aliphatic rings. The minimum atomic E-state index is 0.120. The molecule has 0 amide bonds. The van der Waals surface area contributed by atoms with Crippen molar-refractivity contribution in [3.8, 4) is 0 Å². The van der Waals surface area contributed by atoms with Gasteiger partial charge >= 0.3 is 0 Å². The van der Waals surface area contributed by atoms with Crippen LogP contribution in [-0.2, 0) is 4.74 Å². The Morgan fingerprint density at radius 2 is 2.21 bits per heavy atom. The number of thiazole rings is 1. The predicted molar refractivity (Wildman–Crippen MR) is 76.2 cm³/mol. The lowest BCUT2D eigenvalue weighted by atomic mass is 9.90. The van der Waals surface area contributed by atoms with Crippen molar-refractivity contribution in [3.63, 3.8) is 0 Å². The lowest BCUT2D eigenvalue weighted by Crippen LogP contribution is -2.52. The third kappa shape index (κ3) is 2.41. The molecule has 0 spiro atoms. The van der Waals surface area contributed by atoms with E-state index in [0.29, 0.717) is 12.1 Å². The molecule has 3 rings (SSSR count). The average Bonchev–Trinajstić information content (AvgIpc) is 2.80. The van der Waals surface area contributed by atoms with Crippen LogP contribution in [0.4, 0.5) is 5.13 Å². The van der Waals surface area contributed by atoms with Gasteiger partial charge in [0.15, 0.2) is 10.9 Å². The number of morpholine rings is 1. The minimum Gasteiger partial charge on any atom is -0.374 e. The number of ketones is 1. The molecule has 2 fully saturated rings. The van der Waals surface area contributed by atoms with Crippen molar-refractivity contribution in [2.24, 2.45) is 0 Å². The second-order valence-electron chi connectivity index (χ2n) is 5.42. The van der Waals surface area contributed by atoms with Gasteiger partial charge in [-0.2, -0.15) is 0 Å². The van der Waals surface area contributed by atoms with Crippen LogP contribution in [0.3, 0.4) is 0 Å². The van der Waals surface area contributed by atoms with Crippen LogP contribution in [0.5, 0.6) is 0 Å². The molecule has 4 nitrogen and oxygen atoms in total. The largest absolute Gasteiger partial charge is 0.374 e. The number of anilines is 1. The Balaban J connectivity index is 1.87. The van der Waals surface area contributed by atoms with Crippen LogP contribution in [0.15, 0.2) is 0 Å². The molecule has 0 bridgehead atoms. The molecule has 0 N–H and O–H groups in total. The minimum absolute atomic E-state index is 0.120. The molecule has 5 heteroatoms. The van der Waals surface area contributed by atoms with Gasteiger partial charge < -0.3 is 9.64 Å². The van der Waals surface area contributed by atoms with Crippen LogP contribution in [0.25, 0.3) is 0 Å². The summed E-state index contributed by atoms with van der Waals surface area (Å²) in [6.07, 6.45) is 5.23. The summed E-state index contributed by atoms with van der Waals surface area (Å²) in [5.41, 5.74) is 0.867. The van der Waals surface area contributed by atoms with Crippen LogP contribution in [0.1, 0.15) is 48.0 Å². The van der Waals surface area contributed by atoms with Gasteiger partial charge in [0, 0.05) is 13.5 Å². The van der Waals surface area contributed by atoms with E-state index in [0.717, 1.165) is 35.3 Å². The maximum Gasteiger partial charge on any atom is 0.186 e. The fourth-order valence-electron chi connectivity index (χ4n) is 3.17. The first-order valence-corrected chi connectivity index (χ1v) is 7.85. The maximum atomic E-state index is 11.6. The third-order valence-electron chi connectivity index (χ3n) is 4.08. The monoisotopic (exact) mass is 280 g/mol. The maximum absolute atomic E-state index is 11.6. The predicted octanol–water partition coefficient (Wildman–Crippen LogP) is 2.80. The summed E-state index contributed by atoms with van der Waals surface area (Å²) < 4.78 is 5.89. The molecule has 2 atom stereocenters. The summed E-state index contributed by atoms with van der Waals surface area (Å²) in [6, 6.07) is 0.452. The summed E-state index contributed by atoms with van der Waals surface area (Å²) in [5.74, 6) is 0.120. The summed E-state index contributed by atoms with van der Waals surface area (Å²) in [5, 5.41) is 1.00. The number of fused-ring (bicyclic) bond motifs is 1. The van der Waals surface area contributed by atoms with E-state index in [-0.39, 0.29) is 5.78 Å². The van der Waals surface area contributed by atoms with Crippen molar-refractivity contribution >= 4 is 22.3 Å². The van der Waals surface area contributed by atoms with Crippen LogP contribution >= 0.6 is 11.3 Å². The van der Waals surface area contributed by atoms with Gasteiger partial charge in [-0.25, -0.2) is 4.98 Å². The first-order valence-electron chi connectivity index (χ1n) is 7.03. The Kier molecular flexibility index (Phi) is 3.58. The topological polar surface area (TPSA) is 42.4 Å². The smallest absolute Gasteiger partial charge is 0.186 e. The van der Waals surface area contributed by atoms with E-state index in [1.165, 1.54) is 30.6 Å². The van der Waals surface area contributed by atoms with Crippen molar-refractivity contribution in [1.82, 2.24) is 4.98 Å². The molecule has 0 aromatic carbocycles. The van der Waals surface area contributed by atoms with Crippen molar-refractivity contribution in [2.75, 3.05) is 18.1 Å². The first kappa shape index (κ1) is 13.1. The Labute approximate surface area is 117 Å². The standard InChI is InChI=1S/C14H20N2O2S/c1-9-13(10(2)17)19-14(15-9)16-7-8-18-12-6-4-3-5-11(12)16/h11-12H,3-8H2,1-2H3. The third-order valence-corrected chi connectivity index (χ3v) is 5.38. The second kappa shape index (κ2) is 5.21. The van der Waals surface area contributed by atoms with Crippen LogP contribution < -0.4 is 4.90 Å². The molecule has 1 aliphatic carbocycles. The number of Topliss-reactive ketones (excluding diaryl/α,β-unsaturated/α-hetero) is 1. The molecular formula is C14H20N2O2S. The highest BCUT2D eigenvalue weighted by Gasteiger charge is 2.35. The summed E-state index contributed by atoms with van der Waals surface area (Å²) in [4.78, 5) is 19.4. The molecule has 1 aliphatic heterocycles. The fraction of sp³-hybridized carbons (Fsp3) is 0.714. The molecule has 1 aromatic heterocycles. The molecule has 0 radical (unpaired) electrons. The molecule has 1 saturated heterocycles. The van der Waals surface area contributed by atoms with Gasteiger partial charge in [-0.15, -0.1) is 0 Å². The number of hydrogen-bond donors (Lipinski definition) is 0. The van der Waals surface area contributed by atoms with Gasteiger partial charge in [0.2, 0.25) is 0 Å². The van der Waals surface area contributed by atoms with Gasteiger partial charge in [-0.05, 0) is 19.8 Å². The average molecular weight is 280 g/mol. The van der Waals surface area contributed by atoms with Crippen molar-refractivity contribution < 1.29 is 9.53 Å². The van der Waals surface area contributed by atoms with Crippen LogP contribution in [0.2, 0.25) is 0 Å². The van der Waals surface area contributed by atoms with Gasteiger partial charge in [0.1, 0.15) is 0 Å². The van der Waals surface area contributed by atoms with Crippen LogP contribution in [0, 0.1) is 6.92 Å². The number of ether oxygens (including phenoxy) is 1. The number of aromatic nitrogens is 1. The molecule has 1 saturated carbocycles. The summed E-state index contributed by atoms with van der Waals surface area (Å²) in [6.45, 7) is 5.21. The summed E-state index contributed by atoms with van der Waals surface area (Å²) in [7, 11) is 0. The Bertz CT molecular complexity index is 484. The van der Waals surface area contributed by atoms with Crippen molar-refractivity contribution in [1.29, 1.82) is 0 Å². The quantitative estimate of drug-likeness (QED) is 0.781. The zero-order valence-electron chi connectivity index (χ0n) is 11.5. The highest BCUT2D eigenvalue weighted by Crippen LogP contribution is 2.35. The molecule has 1 aromatic rings. The molecule has 19 heavy (non-hydrogen) atoms. The number of hydrogen-bond acceptors (Lipinski definition) is 5. The van der Waals surface area contributed by atoms with Crippen LogP contribution in [-0.4, -0.2) is 36.1 Å². The normalized spacial score (nSPS) is 27.2. The molecule has 2 unspecified atom stereocenters. The number of nitrogens with zero attached hydrogens (tertiary/aromatic N) is 2. The Morgan fingerprint density at radius 3 is 2.95 bits per heavy atom. The van der Waals surface area contributed by atoms with E-state index in [1.54, 1.807) is 6.92 Å². The zero-order valence-corrected chi connectivity index (χ0v) is 12.3. The zero-order chi connectivity index (χ0) is 13.4. The molecule has 104 valence electrons.